The molecule has 5 nitrogen and oxygen atoms in total. The predicted molar refractivity (Wildman–Crippen MR) is 93.9 cm³/mol. The maximum absolute atomic E-state index is 12.5. The molecule has 1 atom stereocenters. The first-order chi connectivity index (χ1) is 11.5. The molecule has 24 heavy (non-hydrogen) atoms. The number of halogens is 1. The van der Waals surface area contributed by atoms with Crippen LogP contribution in [0.25, 0.3) is 0 Å². The third kappa shape index (κ3) is 4.08. The fourth-order valence-corrected chi connectivity index (χ4v) is 3.47. The second kappa shape index (κ2) is 7.53. The first kappa shape index (κ1) is 17.2. The van der Waals surface area contributed by atoms with Crippen molar-refractivity contribution in [2.45, 2.75) is 19.8 Å². The molecule has 2 fully saturated rings. The number of carbonyl (C=O) groups excluding carboxylic acids is 2. The number of likely N-dealkylation sites (tertiary alicyclic amines) is 1. The average Bonchev–Trinajstić information content (AvgIpc) is 2.59. The van der Waals surface area contributed by atoms with Gasteiger partial charge in [0.2, 0.25) is 5.91 Å². The van der Waals surface area contributed by atoms with Crippen molar-refractivity contribution < 1.29 is 9.59 Å². The van der Waals surface area contributed by atoms with E-state index in [9.17, 15) is 9.59 Å². The van der Waals surface area contributed by atoms with Crippen LogP contribution in [0.3, 0.4) is 0 Å². The number of carbonyl (C=O) groups is 2. The highest BCUT2D eigenvalue weighted by atomic mass is 35.5. The van der Waals surface area contributed by atoms with Gasteiger partial charge < -0.3 is 9.80 Å². The Balaban J connectivity index is 1.51. The van der Waals surface area contributed by atoms with Gasteiger partial charge in [-0.2, -0.15) is 0 Å². The molecular weight excluding hydrogens is 326 g/mol. The number of amides is 2. The molecule has 3 rings (SSSR count). The summed E-state index contributed by atoms with van der Waals surface area (Å²) in [5.74, 6) is 0.886. The maximum Gasteiger partial charge on any atom is 0.253 e. The van der Waals surface area contributed by atoms with Crippen LogP contribution in [-0.2, 0) is 4.79 Å². The van der Waals surface area contributed by atoms with Crippen LogP contribution in [0.1, 0.15) is 30.1 Å². The summed E-state index contributed by atoms with van der Waals surface area (Å²) >= 11 is 5.87. The number of benzene rings is 1. The van der Waals surface area contributed by atoms with Crippen molar-refractivity contribution >= 4 is 23.4 Å². The van der Waals surface area contributed by atoms with Crippen LogP contribution in [0, 0.1) is 5.92 Å². The fourth-order valence-electron chi connectivity index (χ4n) is 3.34. The molecule has 2 aliphatic heterocycles. The average molecular weight is 350 g/mol. The highest BCUT2D eigenvalue weighted by molar-refractivity contribution is 6.30. The summed E-state index contributed by atoms with van der Waals surface area (Å²) in [7, 11) is 0. The number of hydrogen-bond donors (Lipinski definition) is 0. The Morgan fingerprint density at radius 3 is 2.50 bits per heavy atom. The molecule has 0 N–H and O–H groups in total. The minimum atomic E-state index is 0.0500. The Morgan fingerprint density at radius 1 is 1.17 bits per heavy atom. The molecule has 0 aromatic heterocycles. The molecule has 2 aliphatic rings. The summed E-state index contributed by atoms with van der Waals surface area (Å²) in [5.41, 5.74) is 0.674. The van der Waals surface area contributed by atoms with Crippen molar-refractivity contribution in [3.8, 4) is 0 Å². The molecule has 0 aliphatic carbocycles. The molecule has 6 heteroatoms. The van der Waals surface area contributed by atoms with Gasteiger partial charge in [-0.05, 0) is 36.6 Å². The van der Waals surface area contributed by atoms with E-state index in [1.165, 1.54) is 0 Å². The van der Waals surface area contributed by atoms with Gasteiger partial charge in [0.25, 0.3) is 5.91 Å². The van der Waals surface area contributed by atoms with Crippen molar-refractivity contribution in [3.63, 3.8) is 0 Å². The quantitative estimate of drug-likeness (QED) is 0.841. The Kier molecular flexibility index (Phi) is 5.41. The van der Waals surface area contributed by atoms with E-state index in [0.29, 0.717) is 42.7 Å². The van der Waals surface area contributed by atoms with Crippen molar-refractivity contribution in [1.82, 2.24) is 14.7 Å². The van der Waals surface area contributed by atoms with Gasteiger partial charge >= 0.3 is 0 Å². The SMILES string of the molecule is CC1CCC(=O)N(CN2CCN(C(=O)c3ccc(Cl)cc3)CC2)C1. The summed E-state index contributed by atoms with van der Waals surface area (Å²) in [4.78, 5) is 30.6. The maximum atomic E-state index is 12.5. The number of piperidine rings is 1. The lowest BCUT2D eigenvalue weighted by molar-refractivity contribution is -0.137. The van der Waals surface area contributed by atoms with Crippen molar-refractivity contribution in [3.05, 3.63) is 34.9 Å². The van der Waals surface area contributed by atoms with Crippen LogP contribution < -0.4 is 0 Å². The molecule has 1 aromatic carbocycles. The second-order valence-corrected chi connectivity index (χ2v) is 7.25. The number of rotatable bonds is 3. The van der Waals surface area contributed by atoms with Crippen LogP contribution >= 0.6 is 11.6 Å². The molecule has 0 bridgehead atoms. The van der Waals surface area contributed by atoms with Gasteiger partial charge in [0.1, 0.15) is 0 Å². The normalized spacial score (nSPS) is 22.8. The fraction of sp³-hybridized carbons (Fsp3) is 0.556. The standard InChI is InChI=1S/C18H24ClN3O2/c1-14-2-7-17(23)22(12-14)13-20-8-10-21(11-9-20)18(24)15-3-5-16(19)6-4-15/h3-6,14H,2,7-13H2,1H3. The largest absolute Gasteiger partial charge is 0.336 e. The summed E-state index contributed by atoms with van der Waals surface area (Å²) < 4.78 is 0. The molecule has 1 unspecified atom stereocenters. The molecule has 130 valence electrons. The highest BCUT2D eigenvalue weighted by Crippen LogP contribution is 2.18. The third-order valence-electron chi connectivity index (χ3n) is 4.86. The van der Waals surface area contributed by atoms with Crippen LogP contribution in [0.5, 0.6) is 0 Å². The van der Waals surface area contributed by atoms with Crippen molar-refractivity contribution in [2.24, 2.45) is 5.92 Å². The van der Waals surface area contributed by atoms with Crippen molar-refractivity contribution in [1.29, 1.82) is 0 Å². The topological polar surface area (TPSA) is 43.9 Å². The summed E-state index contributed by atoms with van der Waals surface area (Å²) in [6.07, 6.45) is 1.66. The minimum absolute atomic E-state index is 0.0500. The number of nitrogens with zero attached hydrogens (tertiary/aromatic N) is 3. The van der Waals surface area contributed by atoms with Crippen LogP contribution in [0.4, 0.5) is 0 Å². The smallest absolute Gasteiger partial charge is 0.253 e. The van der Waals surface area contributed by atoms with Gasteiger partial charge in [0, 0.05) is 49.7 Å². The van der Waals surface area contributed by atoms with E-state index in [4.69, 9.17) is 11.6 Å². The Bertz CT molecular complexity index is 597. The van der Waals surface area contributed by atoms with Gasteiger partial charge in [-0.25, -0.2) is 0 Å². The van der Waals surface area contributed by atoms with E-state index in [-0.39, 0.29) is 11.8 Å². The van der Waals surface area contributed by atoms with Gasteiger partial charge in [-0.1, -0.05) is 18.5 Å². The molecule has 0 radical (unpaired) electrons. The highest BCUT2D eigenvalue weighted by Gasteiger charge is 2.27. The number of hydrogen-bond acceptors (Lipinski definition) is 3. The molecule has 2 amide bonds. The lowest BCUT2D eigenvalue weighted by Crippen LogP contribution is -2.53. The number of piperazine rings is 1. The predicted octanol–water partition coefficient (Wildman–Crippen LogP) is 2.31. The molecule has 2 saturated heterocycles. The first-order valence-corrected chi connectivity index (χ1v) is 8.95. The van der Waals surface area contributed by atoms with Crippen molar-refractivity contribution in [2.75, 3.05) is 39.4 Å². The van der Waals surface area contributed by atoms with E-state index >= 15 is 0 Å². The zero-order valence-electron chi connectivity index (χ0n) is 14.1. The van der Waals surface area contributed by atoms with Gasteiger partial charge in [0.15, 0.2) is 0 Å². The summed E-state index contributed by atoms with van der Waals surface area (Å²) in [6, 6.07) is 7.03. The van der Waals surface area contributed by atoms with Gasteiger partial charge in [-0.3, -0.25) is 14.5 Å². The van der Waals surface area contributed by atoms with E-state index in [2.05, 4.69) is 11.8 Å². The molecule has 0 saturated carbocycles. The van der Waals surface area contributed by atoms with Crippen LogP contribution in [0.2, 0.25) is 5.02 Å². The van der Waals surface area contributed by atoms with E-state index in [0.717, 1.165) is 26.1 Å². The Labute approximate surface area is 148 Å². The van der Waals surface area contributed by atoms with Crippen LogP contribution in [0.15, 0.2) is 24.3 Å². The van der Waals surface area contributed by atoms with Crippen LogP contribution in [-0.4, -0.2) is 65.9 Å². The Morgan fingerprint density at radius 2 is 1.83 bits per heavy atom. The minimum Gasteiger partial charge on any atom is -0.336 e. The lowest BCUT2D eigenvalue weighted by atomic mass is 10.0. The van der Waals surface area contributed by atoms with E-state index in [1.807, 2.05) is 9.80 Å². The Hall–Kier alpha value is -1.59. The zero-order chi connectivity index (χ0) is 17.1. The monoisotopic (exact) mass is 349 g/mol. The lowest BCUT2D eigenvalue weighted by Gasteiger charge is -2.39. The van der Waals surface area contributed by atoms with Gasteiger partial charge in [-0.15, -0.1) is 0 Å². The van der Waals surface area contributed by atoms with E-state index in [1.54, 1.807) is 24.3 Å². The van der Waals surface area contributed by atoms with E-state index < -0.39 is 0 Å². The second-order valence-electron chi connectivity index (χ2n) is 6.82. The molecule has 1 aromatic rings. The molecule has 0 spiro atoms. The molecular formula is C18H24ClN3O2. The molecule has 2 heterocycles. The first-order valence-electron chi connectivity index (χ1n) is 8.58. The third-order valence-corrected chi connectivity index (χ3v) is 5.11. The summed E-state index contributed by atoms with van der Waals surface area (Å²) in [6.45, 7) is 6.73. The zero-order valence-corrected chi connectivity index (χ0v) is 14.8. The van der Waals surface area contributed by atoms with Gasteiger partial charge in [0.05, 0.1) is 6.67 Å². The summed E-state index contributed by atoms with van der Waals surface area (Å²) in [5, 5.41) is 0.636.